The topological polar surface area (TPSA) is 75.4 Å². The van der Waals surface area contributed by atoms with Gasteiger partial charge in [-0.25, -0.2) is 5.43 Å². The van der Waals surface area contributed by atoms with E-state index in [0.29, 0.717) is 19.8 Å². The number of hydrogen-bond acceptors (Lipinski definition) is 4. The van der Waals surface area contributed by atoms with Crippen molar-refractivity contribution in [2.75, 3.05) is 32.8 Å². The summed E-state index contributed by atoms with van der Waals surface area (Å²) in [7, 11) is 0. The highest BCUT2D eigenvalue weighted by atomic mass is 16.5. The maximum atomic E-state index is 11.6. The van der Waals surface area contributed by atoms with E-state index >= 15 is 0 Å². The molecular weight excluding hydrogens is 246 g/mol. The van der Waals surface area contributed by atoms with Gasteiger partial charge in [0.25, 0.3) is 5.91 Å². The van der Waals surface area contributed by atoms with Crippen molar-refractivity contribution >= 4 is 12.1 Å². The number of carbonyl (C=O) groups is 1. The Hall–Kier alpha value is -1.92. The summed E-state index contributed by atoms with van der Waals surface area (Å²) in [5, 5.41) is 13.0. The van der Waals surface area contributed by atoms with Crippen LogP contribution in [0.25, 0.3) is 0 Å². The predicted octanol–water partition coefficient (Wildman–Crippen LogP) is -1.24. The molecule has 0 atom stereocenters. The van der Waals surface area contributed by atoms with Crippen LogP contribution in [-0.2, 0) is 9.53 Å². The summed E-state index contributed by atoms with van der Waals surface area (Å²) >= 11 is 0. The van der Waals surface area contributed by atoms with E-state index < -0.39 is 0 Å². The van der Waals surface area contributed by atoms with Crippen LogP contribution in [0.15, 0.2) is 29.4 Å². The second kappa shape index (κ2) is 6.86. The van der Waals surface area contributed by atoms with Crippen molar-refractivity contribution in [2.24, 2.45) is 5.10 Å². The van der Waals surface area contributed by atoms with E-state index in [9.17, 15) is 4.79 Å². The minimum atomic E-state index is -0.105. The molecule has 0 unspecified atom stereocenters. The molecule has 0 aromatic heterocycles. The standard InChI is InChI=1S/C13H17N3O3/c17-12-3-1-11(2-4-12)9-14-15-13(18)10-16-5-7-19-8-6-16/h1-4,9,17H,5-8,10H2,(H,15,18)/p+1/b14-9+. The Balaban J connectivity index is 1.74. The van der Waals surface area contributed by atoms with Crippen LogP contribution in [0.3, 0.4) is 0 Å². The molecule has 0 aliphatic carbocycles. The molecule has 1 aliphatic heterocycles. The minimum Gasteiger partial charge on any atom is -0.508 e. The molecule has 19 heavy (non-hydrogen) atoms. The number of aromatic hydroxyl groups is 1. The fourth-order valence-corrected chi connectivity index (χ4v) is 1.84. The average Bonchev–Trinajstić information content (AvgIpc) is 2.42. The van der Waals surface area contributed by atoms with Crippen molar-refractivity contribution in [3.8, 4) is 5.75 Å². The summed E-state index contributed by atoms with van der Waals surface area (Å²) in [6, 6.07) is 6.58. The summed E-state index contributed by atoms with van der Waals surface area (Å²) in [6.45, 7) is 3.54. The van der Waals surface area contributed by atoms with Crippen LogP contribution in [0.5, 0.6) is 5.75 Å². The van der Waals surface area contributed by atoms with E-state index in [2.05, 4.69) is 10.5 Å². The highest BCUT2D eigenvalue weighted by Gasteiger charge is 2.16. The summed E-state index contributed by atoms with van der Waals surface area (Å²) in [4.78, 5) is 12.8. The zero-order chi connectivity index (χ0) is 13.5. The molecule has 1 heterocycles. The smallest absolute Gasteiger partial charge is 0.295 e. The van der Waals surface area contributed by atoms with Gasteiger partial charge in [-0.2, -0.15) is 5.10 Å². The van der Waals surface area contributed by atoms with E-state index in [4.69, 9.17) is 9.84 Å². The lowest BCUT2D eigenvalue weighted by molar-refractivity contribution is -0.900. The van der Waals surface area contributed by atoms with Gasteiger partial charge in [0, 0.05) is 0 Å². The summed E-state index contributed by atoms with van der Waals surface area (Å²) in [6.07, 6.45) is 1.55. The third-order valence-electron chi connectivity index (χ3n) is 2.91. The number of quaternary nitrogens is 1. The van der Waals surface area contributed by atoms with Gasteiger partial charge in [-0.05, 0) is 29.8 Å². The van der Waals surface area contributed by atoms with Crippen LogP contribution in [0.1, 0.15) is 5.56 Å². The maximum Gasteiger partial charge on any atom is 0.295 e. The minimum absolute atomic E-state index is 0.105. The molecule has 1 aromatic carbocycles. The molecule has 1 aromatic rings. The van der Waals surface area contributed by atoms with Gasteiger partial charge < -0.3 is 14.7 Å². The molecular formula is C13H18N3O3+. The van der Waals surface area contributed by atoms with Crippen molar-refractivity contribution in [3.63, 3.8) is 0 Å². The van der Waals surface area contributed by atoms with Crippen LogP contribution in [-0.4, -0.2) is 50.1 Å². The van der Waals surface area contributed by atoms with Gasteiger partial charge in [0.2, 0.25) is 0 Å². The first-order valence-electron chi connectivity index (χ1n) is 6.26. The molecule has 0 saturated carbocycles. The number of nitrogens with one attached hydrogen (secondary N) is 2. The van der Waals surface area contributed by atoms with Crippen molar-refractivity contribution in [1.82, 2.24) is 5.43 Å². The molecule has 1 saturated heterocycles. The van der Waals surface area contributed by atoms with Gasteiger partial charge in [0.05, 0.1) is 19.4 Å². The molecule has 6 nitrogen and oxygen atoms in total. The van der Waals surface area contributed by atoms with E-state index in [1.807, 2.05) is 0 Å². The monoisotopic (exact) mass is 264 g/mol. The number of rotatable bonds is 4. The Bertz CT molecular complexity index is 439. The Labute approximate surface area is 111 Å². The first-order chi connectivity index (χ1) is 9.24. The third-order valence-corrected chi connectivity index (χ3v) is 2.91. The summed E-state index contributed by atoms with van der Waals surface area (Å²) in [5.74, 6) is 0.101. The van der Waals surface area contributed by atoms with Crippen molar-refractivity contribution < 1.29 is 19.5 Å². The number of benzene rings is 1. The number of hydrazone groups is 1. The van der Waals surface area contributed by atoms with Gasteiger partial charge in [0.15, 0.2) is 6.54 Å². The molecule has 6 heteroatoms. The number of amides is 1. The second-order valence-electron chi connectivity index (χ2n) is 4.42. The van der Waals surface area contributed by atoms with E-state index in [-0.39, 0.29) is 11.7 Å². The Morgan fingerprint density at radius 3 is 2.74 bits per heavy atom. The SMILES string of the molecule is O=C(C[NH+]1CCOCC1)N/N=C/c1ccc(O)cc1. The molecule has 1 fully saturated rings. The maximum absolute atomic E-state index is 11.6. The molecule has 1 aliphatic rings. The quantitative estimate of drug-likeness (QED) is 0.470. The van der Waals surface area contributed by atoms with Gasteiger partial charge in [-0.3, -0.25) is 4.79 Å². The highest BCUT2D eigenvalue weighted by Crippen LogP contribution is 2.07. The molecule has 0 radical (unpaired) electrons. The normalized spacial score (nSPS) is 16.6. The summed E-state index contributed by atoms with van der Waals surface area (Å²) in [5.41, 5.74) is 3.32. The molecule has 2 rings (SSSR count). The molecule has 0 bridgehead atoms. The average molecular weight is 264 g/mol. The summed E-state index contributed by atoms with van der Waals surface area (Å²) < 4.78 is 5.23. The van der Waals surface area contributed by atoms with Crippen LogP contribution >= 0.6 is 0 Å². The molecule has 102 valence electrons. The first-order valence-corrected chi connectivity index (χ1v) is 6.26. The van der Waals surface area contributed by atoms with E-state index in [1.165, 1.54) is 4.90 Å². The van der Waals surface area contributed by atoms with Crippen LogP contribution < -0.4 is 10.3 Å². The highest BCUT2D eigenvalue weighted by molar-refractivity contribution is 5.82. The predicted molar refractivity (Wildman–Crippen MR) is 70.2 cm³/mol. The van der Waals surface area contributed by atoms with Crippen LogP contribution in [0.4, 0.5) is 0 Å². The number of hydrogen-bond donors (Lipinski definition) is 3. The fraction of sp³-hybridized carbons (Fsp3) is 0.385. The van der Waals surface area contributed by atoms with Gasteiger partial charge in [-0.1, -0.05) is 0 Å². The Kier molecular flexibility index (Phi) is 4.88. The third kappa shape index (κ3) is 4.69. The number of morpholine rings is 1. The first kappa shape index (κ1) is 13.5. The van der Waals surface area contributed by atoms with Crippen molar-refractivity contribution in [1.29, 1.82) is 0 Å². The number of ether oxygens (including phenoxy) is 1. The number of carbonyl (C=O) groups excluding carboxylic acids is 1. The molecule has 0 spiro atoms. The number of nitrogens with zero attached hydrogens (tertiary/aromatic N) is 1. The van der Waals surface area contributed by atoms with Crippen molar-refractivity contribution in [3.05, 3.63) is 29.8 Å². The lowest BCUT2D eigenvalue weighted by Crippen LogP contribution is -3.15. The number of phenolic OH excluding ortho intramolecular Hbond substituents is 1. The fourth-order valence-electron chi connectivity index (χ4n) is 1.84. The van der Waals surface area contributed by atoms with Gasteiger partial charge in [-0.15, -0.1) is 0 Å². The van der Waals surface area contributed by atoms with Crippen LogP contribution in [0.2, 0.25) is 0 Å². The lowest BCUT2D eigenvalue weighted by atomic mass is 10.2. The zero-order valence-electron chi connectivity index (χ0n) is 10.6. The zero-order valence-corrected chi connectivity index (χ0v) is 10.6. The van der Waals surface area contributed by atoms with Gasteiger partial charge in [0.1, 0.15) is 18.8 Å². The second-order valence-corrected chi connectivity index (χ2v) is 4.42. The van der Waals surface area contributed by atoms with E-state index in [0.717, 1.165) is 18.7 Å². The van der Waals surface area contributed by atoms with Crippen molar-refractivity contribution in [2.45, 2.75) is 0 Å². The molecule has 3 N–H and O–H groups in total. The largest absolute Gasteiger partial charge is 0.508 e. The van der Waals surface area contributed by atoms with Crippen LogP contribution in [0, 0.1) is 0 Å². The Morgan fingerprint density at radius 1 is 1.37 bits per heavy atom. The molecule has 1 amide bonds. The van der Waals surface area contributed by atoms with E-state index in [1.54, 1.807) is 30.5 Å². The van der Waals surface area contributed by atoms with Gasteiger partial charge >= 0.3 is 0 Å². The number of phenols is 1. The lowest BCUT2D eigenvalue weighted by Gasteiger charge is -2.22. The Morgan fingerprint density at radius 2 is 2.05 bits per heavy atom.